The second-order valence-electron chi connectivity index (χ2n) is 7.67. The Morgan fingerprint density at radius 3 is 2.17 bits per heavy atom. The third-order valence-corrected chi connectivity index (χ3v) is 7.52. The van der Waals surface area contributed by atoms with E-state index in [0.29, 0.717) is 38.9 Å². The number of nitrogens with zero attached hydrogens (tertiary/aromatic N) is 3. The van der Waals surface area contributed by atoms with E-state index in [1.807, 2.05) is 13.8 Å². The zero-order valence-electron chi connectivity index (χ0n) is 14.7. The highest BCUT2D eigenvalue weighted by Gasteiger charge is 2.51. The summed E-state index contributed by atoms with van der Waals surface area (Å²) >= 11 is 0. The number of rotatable bonds is 2. The van der Waals surface area contributed by atoms with Crippen molar-refractivity contribution in [2.75, 3.05) is 33.7 Å². The van der Waals surface area contributed by atoms with Crippen molar-refractivity contribution in [3.8, 4) is 0 Å². The van der Waals surface area contributed by atoms with Crippen LogP contribution >= 0.6 is 0 Å². The summed E-state index contributed by atoms with van der Waals surface area (Å²) in [6.07, 6.45) is 1.34. The van der Waals surface area contributed by atoms with Crippen LogP contribution in [0.15, 0.2) is 0 Å². The first-order valence-corrected chi connectivity index (χ1v) is 9.46. The van der Waals surface area contributed by atoms with Crippen molar-refractivity contribution in [2.45, 2.75) is 51.7 Å². The summed E-state index contributed by atoms with van der Waals surface area (Å²) in [6.45, 7) is 6.75. The molecule has 7 nitrogen and oxygen atoms in total. The zero-order valence-corrected chi connectivity index (χ0v) is 15.6. The fraction of sp³-hybridized carbons (Fsp3) is 0.933. The third kappa shape index (κ3) is 3.26. The van der Waals surface area contributed by atoms with Gasteiger partial charge in [0.2, 0.25) is 5.91 Å². The van der Waals surface area contributed by atoms with Crippen LogP contribution in [0.25, 0.3) is 0 Å². The molecule has 0 aliphatic carbocycles. The lowest BCUT2D eigenvalue weighted by Gasteiger charge is -2.55. The highest BCUT2D eigenvalue weighted by molar-refractivity contribution is 7.86. The lowest BCUT2D eigenvalue weighted by molar-refractivity contribution is -0.156. The molecule has 0 aromatic rings. The Labute approximate surface area is 139 Å². The topological polar surface area (TPSA) is 81.2 Å². The van der Waals surface area contributed by atoms with Gasteiger partial charge in [0.15, 0.2) is 0 Å². The molecule has 2 aliphatic heterocycles. The molecule has 1 N–H and O–H groups in total. The highest BCUT2D eigenvalue weighted by Crippen LogP contribution is 2.45. The number of piperidine rings is 2. The van der Waals surface area contributed by atoms with Crippen LogP contribution in [0, 0.1) is 5.41 Å². The second kappa shape index (κ2) is 5.98. The average Bonchev–Trinajstić information content (AvgIpc) is 2.43. The van der Waals surface area contributed by atoms with Crippen LogP contribution in [0.1, 0.15) is 40.0 Å². The van der Waals surface area contributed by atoms with E-state index in [2.05, 4.69) is 0 Å². The number of hydrogen-bond acceptors (Lipinski definition) is 4. The van der Waals surface area contributed by atoms with Crippen molar-refractivity contribution < 1.29 is 18.3 Å². The molecular formula is C15H29N3O4S. The van der Waals surface area contributed by atoms with Crippen molar-refractivity contribution in [3.63, 3.8) is 0 Å². The summed E-state index contributed by atoms with van der Waals surface area (Å²) in [5.41, 5.74) is -0.775. The molecule has 0 unspecified atom stereocenters. The quantitative estimate of drug-likeness (QED) is 0.777. The maximum absolute atomic E-state index is 12.2. The Morgan fingerprint density at radius 1 is 1.22 bits per heavy atom. The normalized spacial score (nSPS) is 28.3. The van der Waals surface area contributed by atoms with Gasteiger partial charge in [-0.25, -0.2) is 0 Å². The van der Waals surface area contributed by atoms with E-state index in [1.54, 1.807) is 4.90 Å². The fourth-order valence-electron chi connectivity index (χ4n) is 3.75. The maximum atomic E-state index is 12.2. The molecule has 134 valence electrons. The molecule has 23 heavy (non-hydrogen) atoms. The molecule has 2 fully saturated rings. The molecule has 2 heterocycles. The zero-order chi connectivity index (χ0) is 17.6. The van der Waals surface area contributed by atoms with Crippen molar-refractivity contribution in [3.05, 3.63) is 0 Å². The second-order valence-corrected chi connectivity index (χ2v) is 9.81. The molecule has 0 bridgehead atoms. The average molecular weight is 347 g/mol. The summed E-state index contributed by atoms with van der Waals surface area (Å²) in [5.74, 6) is -0.0449. The van der Waals surface area contributed by atoms with E-state index in [4.69, 9.17) is 0 Å². The number of carbonyl (C=O) groups excluding carboxylic acids is 1. The number of aliphatic hydroxyl groups excluding tert-OH is 1. The molecule has 0 saturated carbocycles. The lowest BCUT2D eigenvalue weighted by atomic mass is 9.67. The summed E-state index contributed by atoms with van der Waals surface area (Å²) in [7, 11) is -0.334. The standard InChI is InChI=1S/C15H29N3O4S/c1-12(19)18-11-15(10-13(20)14(18,2)3)6-8-17(9-7-15)23(21,22)16(4)5/h13,20H,6-11H2,1-5H3/t13-/m1/s1. The van der Waals surface area contributed by atoms with Crippen molar-refractivity contribution >= 4 is 16.1 Å². The predicted molar refractivity (Wildman–Crippen MR) is 87.9 cm³/mol. The summed E-state index contributed by atoms with van der Waals surface area (Å²) in [6, 6.07) is 0. The van der Waals surface area contributed by atoms with Crippen LogP contribution < -0.4 is 0 Å². The molecule has 0 radical (unpaired) electrons. The smallest absolute Gasteiger partial charge is 0.281 e. The first-order chi connectivity index (χ1) is 10.4. The van der Waals surface area contributed by atoms with Crippen LogP contribution in [0.4, 0.5) is 0 Å². The highest BCUT2D eigenvalue weighted by atomic mass is 32.2. The maximum Gasteiger partial charge on any atom is 0.281 e. The van der Waals surface area contributed by atoms with E-state index in [1.165, 1.54) is 29.6 Å². The Morgan fingerprint density at radius 2 is 1.74 bits per heavy atom. The molecular weight excluding hydrogens is 318 g/mol. The van der Waals surface area contributed by atoms with Gasteiger partial charge in [0.05, 0.1) is 11.6 Å². The summed E-state index contributed by atoms with van der Waals surface area (Å²) in [4.78, 5) is 13.7. The van der Waals surface area contributed by atoms with Gasteiger partial charge < -0.3 is 10.0 Å². The largest absolute Gasteiger partial charge is 0.391 e. The molecule has 0 aromatic carbocycles. The van der Waals surface area contributed by atoms with Gasteiger partial charge in [-0.15, -0.1) is 0 Å². The van der Waals surface area contributed by atoms with Crippen LogP contribution in [-0.4, -0.2) is 78.3 Å². The van der Waals surface area contributed by atoms with E-state index in [-0.39, 0.29) is 11.3 Å². The minimum absolute atomic E-state index is 0.0449. The Kier molecular flexibility index (Phi) is 4.85. The number of hydrogen-bond donors (Lipinski definition) is 1. The first-order valence-electron chi connectivity index (χ1n) is 8.06. The van der Waals surface area contributed by atoms with Crippen molar-refractivity contribution in [2.24, 2.45) is 5.41 Å². The van der Waals surface area contributed by atoms with E-state index in [0.717, 1.165) is 0 Å². The van der Waals surface area contributed by atoms with E-state index >= 15 is 0 Å². The van der Waals surface area contributed by atoms with Gasteiger partial charge in [0, 0.05) is 40.7 Å². The Hall–Kier alpha value is -0.700. The lowest BCUT2D eigenvalue weighted by Crippen LogP contribution is -2.65. The third-order valence-electron chi connectivity index (χ3n) is 5.58. The van der Waals surface area contributed by atoms with Crippen LogP contribution in [0.5, 0.6) is 0 Å². The Balaban J connectivity index is 2.16. The minimum atomic E-state index is -3.40. The molecule has 2 saturated heterocycles. The van der Waals surface area contributed by atoms with Crippen LogP contribution in [0.3, 0.4) is 0 Å². The van der Waals surface area contributed by atoms with Gasteiger partial charge in [-0.1, -0.05) is 0 Å². The number of amides is 1. The predicted octanol–water partition coefficient (Wildman–Crippen LogP) is 0.267. The minimum Gasteiger partial charge on any atom is -0.391 e. The van der Waals surface area contributed by atoms with Gasteiger partial charge in [0.25, 0.3) is 10.2 Å². The van der Waals surface area contributed by atoms with Gasteiger partial charge in [-0.2, -0.15) is 17.0 Å². The molecule has 2 rings (SSSR count). The van der Waals surface area contributed by atoms with Gasteiger partial charge in [0.1, 0.15) is 0 Å². The van der Waals surface area contributed by atoms with Gasteiger partial charge in [-0.3, -0.25) is 4.79 Å². The molecule has 0 aromatic heterocycles. The molecule has 1 spiro atoms. The van der Waals surface area contributed by atoms with Crippen molar-refractivity contribution in [1.29, 1.82) is 0 Å². The number of likely N-dealkylation sites (tertiary alicyclic amines) is 1. The van der Waals surface area contributed by atoms with Crippen LogP contribution in [0.2, 0.25) is 0 Å². The molecule has 1 amide bonds. The van der Waals surface area contributed by atoms with Gasteiger partial charge in [-0.05, 0) is 38.5 Å². The SMILES string of the molecule is CC(=O)N1CC2(CCN(S(=O)(=O)N(C)C)CC2)C[C@@H](O)C1(C)C. The van der Waals surface area contributed by atoms with Crippen molar-refractivity contribution in [1.82, 2.24) is 13.5 Å². The fourth-order valence-corrected chi connectivity index (χ4v) is 4.85. The Bertz CT molecular complexity index is 565. The summed E-state index contributed by atoms with van der Waals surface area (Å²) in [5, 5.41) is 10.6. The molecule has 2 aliphatic rings. The molecule has 1 atom stereocenters. The van der Waals surface area contributed by atoms with E-state index in [9.17, 15) is 18.3 Å². The van der Waals surface area contributed by atoms with E-state index < -0.39 is 21.9 Å². The molecule has 8 heteroatoms. The first kappa shape index (κ1) is 18.6. The monoisotopic (exact) mass is 347 g/mol. The van der Waals surface area contributed by atoms with Gasteiger partial charge >= 0.3 is 0 Å². The number of carbonyl (C=O) groups is 1. The number of aliphatic hydroxyl groups is 1. The summed E-state index contributed by atoms with van der Waals surface area (Å²) < 4.78 is 27.2. The van der Waals surface area contributed by atoms with Crippen LogP contribution in [-0.2, 0) is 15.0 Å².